The molecule has 35 heavy (non-hydrogen) atoms. The molecule has 0 unspecified atom stereocenters. The van der Waals surface area contributed by atoms with Gasteiger partial charge in [0, 0.05) is 12.5 Å². The van der Waals surface area contributed by atoms with Gasteiger partial charge in [0.1, 0.15) is 17.1 Å². The third-order valence-corrected chi connectivity index (χ3v) is 6.23. The minimum absolute atomic E-state index is 0.00947. The Labute approximate surface area is 200 Å². The van der Waals surface area contributed by atoms with Gasteiger partial charge in [0.25, 0.3) is 0 Å². The number of nitrogens with zero attached hydrogens (tertiary/aromatic N) is 1. The van der Waals surface area contributed by atoms with E-state index in [1.54, 1.807) is 30.3 Å². The van der Waals surface area contributed by atoms with Gasteiger partial charge in [-0.2, -0.15) is 13.2 Å². The first-order chi connectivity index (χ1) is 16.7. The fourth-order valence-corrected chi connectivity index (χ4v) is 4.55. The normalized spacial score (nSPS) is 16.0. The highest BCUT2D eigenvalue weighted by Gasteiger charge is 2.41. The van der Waals surface area contributed by atoms with Gasteiger partial charge in [0.15, 0.2) is 0 Å². The van der Waals surface area contributed by atoms with Crippen LogP contribution in [0.4, 0.5) is 22.4 Å². The summed E-state index contributed by atoms with van der Waals surface area (Å²) in [7, 11) is 0. The number of pyridine rings is 1. The molecule has 0 bridgehead atoms. The standard InChI is InChI=1S/C26H25F4N3O2/c27-20-13-18(12-19(14-20)26(28,29)30)25(15-17-6-2-1-3-7-17,23-11-10-22(34)16-31-23)33-24(35)32-21-8-4-5-9-21/h1-3,6-7,10-14,16,21,34H,4-5,8-9,15H2,(H2,32,33,35)/t25-/m1/s1. The molecular formula is C26H25F4N3O2. The minimum Gasteiger partial charge on any atom is -0.506 e. The second-order valence-electron chi connectivity index (χ2n) is 8.78. The number of nitrogens with one attached hydrogen (secondary N) is 2. The van der Waals surface area contributed by atoms with Crippen molar-refractivity contribution in [3.8, 4) is 5.75 Å². The predicted octanol–water partition coefficient (Wildman–Crippen LogP) is 5.67. The van der Waals surface area contributed by atoms with Gasteiger partial charge in [0.05, 0.1) is 17.5 Å². The van der Waals surface area contributed by atoms with Crippen molar-refractivity contribution >= 4 is 6.03 Å². The van der Waals surface area contributed by atoms with Crippen molar-refractivity contribution in [1.29, 1.82) is 0 Å². The number of aromatic nitrogens is 1. The van der Waals surface area contributed by atoms with Gasteiger partial charge < -0.3 is 15.7 Å². The Hall–Kier alpha value is -3.62. The summed E-state index contributed by atoms with van der Waals surface area (Å²) in [5.74, 6) is -1.25. The van der Waals surface area contributed by atoms with E-state index in [0.29, 0.717) is 11.6 Å². The number of amides is 2. The number of carbonyl (C=O) groups excluding carboxylic acids is 1. The first-order valence-electron chi connectivity index (χ1n) is 11.3. The molecule has 4 rings (SSSR count). The highest BCUT2D eigenvalue weighted by Crippen LogP contribution is 2.38. The summed E-state index contributed by atoms with van der Waals surface area (Å²) in [4.78, 5) is 17.4. The van der Waals surface area contributed by atoms with Crippen LogP contribution >= 0.6 is 0 Å². The molecule has 1 aliphatic carbocycles. The largest absolute Gasteiger partial charge is 0.506 e. The lowest BCUT2D eigenvalue weighted by Crippen LogP contribution is -2.54. The van der Waals surface area contributed by atoms with Crippen LogP contribution in [0.15, 0.2) is 66.9 Å². The zero-order chi connectivity index (χ0) is 25.1. The fraction of sp³-hybridized carbons (Fsp3) is 0.308. The van der Waals surface area contributed by atoms with E-state index in [4.69, 9.17) is 0 Å². The molecule has 3 N–H and O–H groups in total. The van der Waals surface area contributed by atoms with Crippen LogP contribution in [-0.2, 0) is 18.1 Å². The molecule has 1 aromatic heterocycles. The zero-order valence-corrected chi connectivity index (χ0v) is 18.8. The Morgan fingerprint density at radius 2 is 1.69 bits per heavy atom. The molecule has 1 heterocycles. The average Bonchev–Trinajstić information content (AvgIpc) is 3.31. The molecule has 0 aliphatic heterocycles. The van der Waals surface area contributed by atoms with Gasteiger partial charge in [-0.3, -0.25) is 4.98 Å². The van der Waals surface area contributed by atoms with Crippen LogP contribution in [0.5, 0.6) is 5.75 Å². The number of carbonyl (C=O) groups is 1. The Bertz CT molecular complexity index is 1160. The summed E-state index contributed by atoms with van der Waals surface area (Å²) in [5, 5.41) is 15.5. The lowest BCUT2D eigenvalue weighted by Gasteiger charge is -2.36. The van der Waals surface area contributed by atoms with Gasteiger partial charge in [-0.15, -0.1) is 0 Å². The second-order valence-corrected chi connectivity index (χ2v) is 8.78. The third kappa shape index (κ3) is 5.72. The number of halogens is 4. The lowest BCUT2D eigenvalue weighted by molar-refractivity contribution is -0.137. The minimum atomic E-state index is -4.80. The summed E-state index contributed by atoms with van der Waals surface area (Å²) in [6.07, 6.45) is -0.135. The molecule has 5 nitrogen and oxygen atoms in total. The van der Waals surface area contributed by atoms with Crippen LogP contribution in [0.1, 0.15) is 48.1 Å². The molecule has 0 spiro atoms. The number of benzene rings is 2. The van der Waals surface area contributed by atoms with Crippen molar-refractivity contribution in [3.63, 3.8) is 0 Å². The molecule has 2 amide bonds. The first-order valence-corrected chi connectivity index (χ1v) is 11.3. The Kier molecular flexibility index (Phi) is 6.95. The van der Waals surface area contributed by atoms with Gasteiger partial charge in [-0.1, -0.05) is 43.2 Å². The molecule has 1 saturated carbocycles. The van der Waals surface area contributed by atoms with E-state index in [1.807, 2.05) is 0 Å². The smallest absolute Gasteiger partial charge is 0.416 e. The maximum absolute atomic E-state index is 14.6. The number of alkyl halides is 3. The van der Waals surface area contributed by atoms with E-state index in [-0.39, 0.29) is 29.5 Å². The molecule has 9 heteroatoms. The number of hydrogen-bond acceptors (Lipinski definition) is 3. The fourth-order valence-electron chi connectivity index (χ4n) is 4.55. The Morgan fingerprint density at radius 3 is 2.31 bits per heavy atom. The number of urea groups is 1. The van der Waals surface area contributed by atoms with E-state index in [0.717, 1.165) is 44.0 Å². The Balaban J connectivity index is 1.89. The van der Waals surface area contributed by atoms with Gasteiger partial charge >= 0.3 is 12.2 Å². The topological polar surface area (TPSA) is 74.2 Å². The highest BCUT2D eigenvalue weighted by atomic mass is 19.4. The van der Waals surface area contributed by atoms with Crippen LogP contribution in [-0.4, -0.2) is 22.2 Å². The maximum Gasteiger partial charge on any atom is 0.416 e. The summed E-state index contributed by atoms with van der Waals surface area (Å²) >= 11 is 0. The van der Waals surface area contributed by atoms with Crippen molar-refractivity contribution in [2.45, 2.75) is 49.9 Å². The van der Waals surface area contributed by atoms with Crippen LogP contribution in [0.25, 0.3) is 0 Å². The molecule has 184 valence electrons. The molecule has 1 atom stereocenters. The van der Waals surface area contributed by atoms with E-state index in [2.05, 4.69) is 15.6 Å². The molecule has 3 aromatic rings. The van der Waals surface area contributed by atoms with Crippen molar-refractivity contribution in [2.24, 2.45) is 0 Å². The van der Waals surface area contributed by atoms with E-state index < -0.39 is 29.1 Å². The lowest BCUT2D eigenvalue weighted by atomic mass is 9.79. The van der Waals surface area contributed by atoms with E-state index >= 15 is 0 Å². The van der Waals surface area contributed by atoms with Gasteiger partial charge in [-0.25, -0.2) is 9.18 Å². The number of rotatable bonds is 6. The second kappa shape index (κ2) is 9.93. The molecule has 1 fully saturated rings. The number of hydrogen-bond donors (Lipinski definition) is 3. The summed E-state index contributed by atoms with van der Waals surface area (Å²) < 4.78 is 55.5. The van der Waals surface area contributed by atoms with Crippen LogP contribution < -0.4 is 10.6 Å². The summed E-state index contributed by atoms with van der Waals surface area (Å²) in [6.45, 7) is 0. The van der Waals surface area contributed by atoms with Crippen molar-refractivity contribution in [3.05, 3.63) is 95.1 Å². The molecule has 1 aliphatic rings. The first kappa shape index (κ1) is 24.5. The van der Waals surface area contributed by atoms with Crippen molar-refractivity contribution < 1.29 is 27.5 Å². The van der Waals surface area contributed by atoms with Crippen LogP contribution in [0, 0.1) is 5.82 Å². The summed E-state index contributed by atoms with van der Waals surface area (Å²) in [6, 6.07) is 13.1. The third-order valence-electron chi connectivity index (χ3n) is 6.23. The van der Waals surface area contributed by atoms with Crippen molar-refractivity contribution in [2.75, 3.05) is 0 Å². The van der Waals surface area contributed by atoms with E-state index in [9.17, 15) is 27.5 Å². The maximum atomic E-state index is 14.6. The molecular weight excluding hydrogens is 462 g/mol. The predicted molar refractivity (Wildman–Crippen MR) is 122 cm³/mol. The number of aromatic hydroxyl groups is 1. The zero-order valence-electron chi connectivity index (χ0n) is 18.8. The quantitative estimate of drug-likeness (QED) is 0.392. The molecule has 0 saturated heterocycles. The Morgan fingerprint density at radius 1 is 1.00 bits per heavy atom. The van der Waals surface area contributed by atoms with Gasteiger partial charge in [-0.05, 0) is 54.3 Å². The average molecular weight is 487 g/mol. The summed E-state index contributed by atoms with van der Waals surface area (Å²) in [5.41, 5.74) is -2.13. The van der Waals surface area contributed by atoms with Crippen LogP contribution in [0.2, 0.25) is 0 Å². The highest BCUT2D eigenvalue weighted by molar-refractivity contribution is 5.76. The molecule has 2 aromatic carbocycles. The van der Waals surface area contributed by atoms with E-state index in [1.165, 1.54) is 12.1 Å². The SMILES string of the molecule is O=C(NC1CCCC1)N[C@](Cc1ccccc1)(c1cc(F)cc(C(F)(F)F)c1)c1ccc(O)cn1. The monoisotopic (exact) mass is 487 g/mol. The molecule has 0 radical (unpaired) electrons. The van der Waals surface area contributed by atoms with Gasteiger partial charge in [0.2, 0.25) is 0 Å². The van der Waals surface area contributed by atoms with Crippen molar-refractivity contribution in [1.82, 2.24) is 15.6 Å². The van der Waals surface area contributed by atoms with Crippen LogP contribution in [0.3, 0.4) is 0 Å².